The summed E-state index contributed by atoms with van der Waals surface area (Å²) < 4.78 is 33.4. The van der Waals surface area contributed by atoms with Gasteiger partial charge in [-0.05, 0) is 62.6 Å². The number of rotatable bonds is 4. The average molecular weight is 493 g/mol. The van der Waals surface area contributed by atoms with Gasteiger partial charge in [0.2, 0.25) is 10.0 Å². The number of carbonyl (C=O) groups excluding carboxylic acids is 1. The van der Waals surface area contributed by atoms with E-state index in [2.05, 4.69) is 4.98 Å². The van der Waals surface area contributed by atoms with E-state index in [1.165, 1.54) is 22.5 Å². The van der Waals surface area contributed by atoms with Crippen LogP contribution >= 0.6 is 23.2 Å². The molecule has 1 fully saturated rings. The highest BCUT2D eigenvalue weighted by molar-refractivity contribution is 7.89. The predicted molar refractivity (Wildman–Crippen MR) is 125 cm³/mol. The summed E-state index contributed by atoms with van der Waals surface area (Å²) in [5.41, 5.74) is 1.75. The number of esters is 1. The molecule has 9 heteroatoms. The Hall–Kier alpha value is -2.19. The van der Waals surface area contributed by atoms with Crippen LogP contribution in [-0.2, 0) is 10.0 Å². The molecule has 0 N–H and O–H groups in total. The van der Waals surface area contributed by atoms with Crippen LogP contribution in [0, 0.1) is 13.8 Å². The first-order valence-electron chi connectivity index (χ1n) is 10.3. The zero-order valence-electron chi connectivity index (χ0n) is 17.7. The highest BCUT2D eigenvalue weighted by Crippen LogP contribution is 2.38. The molecule has 0 amide bonds. The molecule has 6 nitrogen and oxygen atoms in total. The van der Waals surface area contributed by atoms with Crippen LogP contribution < -0.4 is 4.74 Å². The van der Waals surface area contributed by atoms with Crippen LogP contribution in [0.15, 0.2) is 41.3 Å². The number of aromatic nitrogens is 1. The van der Waals surface area contributed by atoms with Crippen molar-refractivity contribution in [3.8, 4) is 5.75 Å². The van der Waals surface area contributed by atoms with Crippen LogP contribution in [0.4, 0.5) is 0 Å². The number of hydrogen-bond acceptors (Lipinski definition) is 5. The fourth-order valence-electron chi connectivity index (χ4n) is 3.79. The maximum absolute atomic E-state index is 13.2. The zero-order valence-corrected chi connectivity index (χ0v) is 20.0. The summed E-state index contributed by atoms with van der Waals surface area (Å²) in [4.78, 5) is 17.5. The van der Waals surface area contributed by atoms with E-state index in [0.717, 1.165) is 19.3 Å². The molecule has 0 radical (unpaired) electrons. The molecule has 0 atom stereocenters. The van der Waals surface area contributed by atoms with Gasteiger partial charge in [-0.2, -0.15) is 4.31 Å². The van der Waals surface area contributed by atoms with E-state index in [4.69, 9.17) is 27.9 Å². The lowest BCUT2D eigenvalue weighted by molar-refractivity contribution is 0.0736. The monoisotopic (exact) mass is 492 g/mol. The van der Waals surface area contributed by atoms with Crippen molar-refractivity contribution in [2.24, 2.45) is 0 Å². The molecular formula is C23H22Cl2N2O4S. The Bertz CT molecular complexity index is 1320. The SMILES string of the molecule is Cc1ccc2c(Cl)cc(Cl)c(OC(=O)c3ccc(C)c(S(=O)(=O)N4CCCCC4)c3)c2n1. The van der Waals surface area contributed by atoms with Crippen LogP contribution in [0.1, 0.15) is 40.9 Å². The van der Waals surface area contributed by atoms with Crippen molar-refractivity contribution in [3.63, 3.8) is 0 Å². The number of sulfonamides is 1. The third kappa shape index (κ3) is 4.35. The molecule has 1 aliphatic rings. The number of fused-ring (bicyclic) bond motifs is 1. The van der Waals surface area contributed by atoms with Crippen molar-refractivity contribution in [3.05, 3.63) is 63.3 Å². The quantitative estimate of drug-likeness (QED) is 0.352. The first-order chi connectivity index (χ1) is 15.2. The van der Waals surface area contributed by atoms with Gasteiger partial charge in [-0.3, -0.25) is 0 Å². The summed E-state index contributed by atoms with van der Waals surface area (Å²) in [5, 5.41) is 1.13. The summed E-state index contributed by atoms with van der Waals surface area (Å²) in [5.74, 6) is -0.644. The number of hydrogen-bond donors (Lipinski definition) is 0. The molecule has 1 aliphatic heterocycles. The molecule has 32 heavy (non-hydrogen) atoms. The van der Waals surface area contributed by atoms with E-state index in [1.807, 2.05) is 0 Å². The first-order valence-corrected chi connectivity index (χ1v) is 12.5. The van der Waals surface area contributed by atoms with Gasteiger partial charge >= 0.3 is 5.97 Å². The zero-order chi connectivity index (χ0) is 23.0. The number of ether oxygens (including phenoxy) is 1. The summed E-state index contributed by atoms with van der Waals surface area (Å²) in [6.45, 7) is 4.47. The minimum Gasteiger partial charge on any atom is -0.419 e. The van der Waals surface area contributed by atoms with E-state index < -0.39 is 16.0 Å². The van der Waals surface area contributed by atoms with Gasteiger partial charge in [-0.1, -0.05) is 35.7 Å². The molecule has 4 rings (SSSR count). The molecule has 168 valence electrons. The van der Waals surface area contributed by atoms with Crippen molar-refractivity contribution in [2.75, 3.05) is 13.1 Å². The minimum atomic E-state index is -3.71. The molecule has 0 unspecified atom stereocenters. The van der Waals surface area contributed by atoms with Crippen LogP contribution in [0.5, 0.6) is 5.75 Å². The average Bonchev–Trinajstić information content (AvgIpc) is 2.77. The summed E-state index contributed by atoms with van der Waals surface area (Å²) in [6.07, 6.45) is 2.67. The van der Waals surface area contributed by atoms with Crippen molar-refractivity contribution < 1.29 is 17.9 Å². The normalized spacial score (nSPS) is 15.1. The van der Waals surface area contributed by atoms with Crippen molar-refractivity contribution in [1.29, 1.82) is 0 Å². The predicted octanol–water partition coefficient (Wildman–Crippen LogP) is 5.55. The van der Waals surface area contributed by atoms with Gasteiger partial charge in [0.1, 0.15) is 5.52 Å². The van der Waals surface area contributed by atoms with Gasteiger partial charge < -0.3 is 4.74 Å². The third-order valence-corrected chi connectivity index (χ3v) is 8.16. The number of halogens is 2. The van der Waals surface area contributed by atoms with Gasteiger partial charge in [0.15, 0.2) is 5.75 Å². The molecule has 0 bridgehead atoms. The fourth-order valence-corrected chi connectivity index (χ4v) is 6.11. The third-order valence-electron chi connectivity index (χ3n) is 5.53. The number of aryl methyl sites for hydroxylation is 2. The largest absolute Gasteiger partial charge is 0.419 e. The van der Waals surface area contributed by atoms with Gasteiger partial charge in [0.05, 0.1) is 20.5 Å². The van der Waals surface area contributed by atoms with Gasteiger partial charge in [0, 0.05) is 24.2 Å². The molecule has 2 aromatic carbocycles. The fraction of sp³-hybridized carbons (Fsp3) is 0.304. The Labute approximate surface area is 197 Å². The van der Waals surface area contributed by atoms with Crippen LogP contribution in [0.25, 0.3) is 10.9 Å². The van der Waals surface area contributed by atoms with Gasteiger partial charge in [-0.15, -0.1) is 0 Å². The van der Waals surface area contributed by atoms with Crippen molar-refractivity contribution >= 4 is 50.1 Å². The Kier molecular flexibility index (Phi) is 6.45. The number of benzene rings is 2. The molecule has 0 saturated carbocycles. The Morgan fingerprint density at radius 1 is 1.00 bits per heavy atom. The van der Waals surface area contributed by atoms with Gasteiger partial charge in [0.25, 0.3) is 0 Å². The smallest absolute Gasteiger partial charge is 0.343 e. The van der Waals surface area contributed by atoms with Crippen LogP contribution in [-0.4, -0.2) is 36.8 Å². The van der Waals surface area contributed by atoms with Crippen molar-refractivity contribution in [1.82, 2.24) is 9.29 Å². The highest BCUT2D eigenvalue weighted by Gasteiger charge is 2.28. The highest BCUT2D eigenvalue weighted by atomic mass is 35.5. The maximum Gasteiger partial charge on any atom is 0.343 e. The maximum atomic E-state index is 13.2. The molecular weight excluding hydrogens is 471 g/mol. The lowest BCUT2D eigenvalue weighted by atomic mass is 10.1. The van der Waals surface area contributed by atoms with Crippen LogP contribution in [0.2, 0.25) is 10.0 Å². The first kappa shape index (κ1) is 23.0. The van der Waals surface area contributed by atoms with E-state index in [-0.39, 0.29) is 21.2 Å². The Morgan fingerprint density at radius 3 is 2.44 bits per heavy atom. The van der Waals surface area contributed by atoms with Crippen molar-refractivity contribution in [2.45, 2.75) is 38.0 Å². The Balaban J connectivity index is 1.71. The Morgan fingerprint density at radius 2 is 1.72 bits per heavy atom. The second-order valence-corrected chi connectivity index (χ2v) is 10.6. The molecule has 1 saturated heterocycles. The standard InChI is InChI=1S/C23H22Cl2N2O4S/c1-14-6-8-16(12-20(14)32(29,30)27-10-4-3-5-11-27)23(28)31-22-19(25)13-18(24)17-9-7-15(2)26-21(17)22/h6-9,12-13H,3-5,10-11H2,1-2H3. The van der Waals surface area contributed by atoms with E-state index >= 15 is 0 Å². The van der Waals surface area contributed by atoms with E-state index in [9.17, 15) is 13.2 Å². The second kappa shape index (κ2) is 8.98. The lowest BCUT2D eigenvalue weighted by Crippen LogP contribution is -2.36. The van der Waals surface area contributed by atoms with E-state index in [1.54, 1.807) is 32.0 Å². The summed E-state index contributed by atoms with van der Waals surface area (Å²) in [7, 11) is -3.71. The molecule has 0 aliphatic carbocycles. The molecule has 1 aromatic heterocycles. The molecule has 0 spiro atoms. The number of pyridine rings is 1. The second-order valence-electron chi connectivity index (χ2n) is 7.85. The number of nitrogens with zero attached hydrogens (tertiary/aromatic N) is 2. The summed E-state index contributed by atoms with van der Waals surface area (Å²) >= 11 is 12.6. The molecule has 2 heterocycles. The number of carbonyl (C=O) groups is 1. The van der Waals surface area contributed by atoms with Gasteiger partial charge in [-0.25, -0.2) is 18.2 Å². The van der Waals surface area contributed by atoms with E-state index in [0.29, 0.717) is 40.3 Å². The summed E-state index contributed by atoms with van der Waals surface area (Å²) in [6, 6.07) is 9.59. The molecule has 3 aromatic rings. The minimum absolute atomic E-state index is 0.0841. The topological polar surface area (TPSA) is 76.6 Å². The van der Waals surface area contributed by atoms with Crippen LogP contribution in [0.3, 0.4) is 0 Å². The lowest BCUT2D eigenvalue weighted by Gasteiger charge is -2.26. The number of piperidine rings is 1.